The van der Waals surface area contributed by atoms with Gasteiger partial charge in [-0.3, -0.25) is 4.57 Å². The molecule has 4 aromatic heterocycles. The smallest absolute Gasteiger partial charge is 0.235 e. The molecule has 4 nitrogen and oxygen atoms in total. The minimum Gasteiger partial charge on any atom is -0.308 e. The lowest BCUT2D eigenvalue weighted by Gasteiger charge is -2.12. The second kappa shape index (κ2) is 8.68. The van der Waals surface area contributed by atoms with E-state index < -0.39 is 0 Å². The van der Waals surface area contributed by atoms with Gasteiger partial charge < -0.3 is 4.40 Å². The maximum absolute atomic E-state index is 5.38. The largest absolute Gasteiger partial charge is 0.308 e. The van der Waals surface area contributed by atoms with Crippen LogP contribution in [0.3, 0.4) is 0 Å². The van der Waals surface area contributed by atoms with E-state index in [1.807, 2.05) is 6.07 Å². The Labute approximate surface area is 262 Å². The third-order valence-electron chi connectivity index (χ3n) is 9.83. The predicted molar refractivity (Wildman–Crippen MR) is 191 cm³/mol. The summed E-state index contributed by atoms with van der Waals surface area (Å²) in [5, 5.41) is 11.0. The number of benzene rings is 7. The van der Waals surface area contributed by atoms with E-state index >= 15 is 0 Å². The summed E-state index contributed by atoms with van der Waals surface area (Å²) in [5.41, 5.74) is 8.88. The minimum absolute atomic E-state index is 0.675. The fraction of sp³-hybridized carbons (Fsp3) is 0. The van der Waals surface area contributed by atoms with Crippen molar-refractivity contribution in [3.63, 3.8) is 0 Å². The van der Waals surface area contributed by atoms with Crippen LogP contribution in [0.1, 0.15) is 0 Å². The van der Waals surface area contributed by atoms with Gasteiger partial charge >= 0.3 is 0 Å². The molecular weight excluding hydrogens is 560 g/mol. The van der Waals surface area contributed by atoms with E-state index in [-0.39, 0.29) is 0 Å². The van der Waals surface area contributed by atoms with Gasteiger partial charge in [0.05, 0.1) is 38.8 Å². The van der Waals surface area contributed by atoms with E-state index in [0.717, 1.165) is 33.2 Å². The number of para-hydroxylation sites is 3. The van der Waals surface area contributed by atoms with Crippen LogP contribution in [-0.4, -0.2) is 18.9 Å². The first-order valence-electron chi connectivity index (χ1n) is 15.7. The molecule has 212 valence electrons. The molecular formula is C42H24N4. The maximum Gasteiger partial charge on any atom is 0.235 e. The normalized spacial score (nSPS) is 12.3. The van der Waals surface area contributed by atoms with E-state index in [1.54, 1.807) is 0 Å². The first kappa shape index (κ1) is 24.1. The molecule has 0 bridgehead atoms. The van der Waals surface area contributed by atoms with Crippen LogP contribution in [0, 0.1) is 0 Å². The second-order valence-corrected chi connectivity index (χ2v) is 12.2. The van der Waals surface area contributed by atoms with Gasteiger partial charge in [0.15, 0.2) is 0 Å². The fourth-order valence-electron chi connectivity index (χ4n) is 7.97. The molecule has 0 saturated carbocycles. The van der Waals surface area contributed by atoms with E-state index in [1.165, 1.54) is 59.6 Å². The Kier molecular flexibility index (Phi) is 4.55. The lowest BCUT2D eigenvalue weighted by Crippen LogP contribution is -2.03. The van der Waals surface area contributed by atoms with Gasteiger partial charge in [0.2, 0.25) is 5.95 Å². The zero-order chi connectivity index (χ0) is 29.9. The van der Waals surface area contributed by atoms with Gasteiger partial charge in [-0.1, -0.05) is 115 Å². The van der Waals surface area contributed by atoms with E-state index in [9.17, 15) is 0 Å². The van der Waals surface area contributed by atoms with Gasteiger partial charge in [0.25, 0.3) is 0 Å². The van der Waals surface area contributed by atoms with Crippen LogP contribution in [-0.2, 0) is 0 Å². The molecule has 0 fully saturated rings. The SMILES string of the molecule is c1ccc(-c2nc(-n3c4ccc5ccccc5c4c4c5c6ccccc6n6c7ccccc7c(cc43)c56)nc3ccccc23)cc1. The monoisotopic (exact) mass is 584 g/mol. The zero-order valence-corrected chi connectivity index (χ0v) is 24.6. The molecule has 0 amide bonds. The summed E-state index contributed by atoms with van der Waals surface area (Å²) in [6.45, 7) is 0. The van der Waals surface area contributed by atoms with Crippen LogP contribution < -0.4 is 0 Å². The van der Waals surface area contributed by atoms with Gasteiger partial charge in [-0.2, -0.15) is 0 Å². The first-order chi connectivity index (χ1) is 22.8. The molecule has 4 heterocycles. The summed E-state index contributed by atoms with van der Waals surface area (Å²) in [5.74, 6) is 0.675. The summed E-state index contributed by atoms with van der Waals surface area (Å²) >= 11 is 0. The van der Waals surface area contributed by atoms with Gasteiger partial charge in [0.1, 0.15) is 0 Å². The number of aromatic nitrogens is 4. The molecule has 7 aromatic carbocycles. The zero-order valence-electron chi connectivity index (χ0n) is 24.6. The van der Waals surface area contributed by atoms with E-state index in [2.05, 4.69) is 148 Å². The molecule has 0 atom stereocenters. The molecule has 0 spiro atoms. The molecule has 0 radical (unpaired) electrons. The molecule has 0 N–H and O–H groups in total. The molecule has 0 aliphatic rings. The number of fused-ring (bicyclic) bond motifs is 13. The highest BCUT2D eigenvalue weighted by Crippen LogP contribution is 2.47. The molecule has 11 aromatic rings. The Morgan fingerprint density at radius 2 is 1.09 bits per heavy atom. The third-order valence-corrected chi connectivity index (χ3v) is 9.83. The Bertz CT molecular complexity index is 3020. The fourth-order valence-corrected chi connectivity index (χ4v) is 7.97. The molecule has 0 saturated heterocycles. The Morgan fingerprint density at radius 1 is 0.413 bits per heavy atom. The Hall–Kier alpha value is -6.26. The average Bonchev–Trinajstić information content (AvgIpc) is 3.76. The van der Waals surface area contributed by atoms with Crippen molar-refractivity contribution >= 4 is 81.6 Å². The second-order valence-electron chi connectivity index (χ2n) is 12.2. The molecule has 4 heteroatoms. The van der Waals surface area contributed by atoms with Crippen LogP contribution in [0.2, 0.25) is 0 Å². The van der Waals surface area contributed by atoms with E-state index in [0.29, 0.717) is 5.95 Å². The van der Waals surface area contributed by atoms with Crippen LogP contribution in [0.5, 0.6) is 0 Å². The highest BCUT2D eigenvalue weighted by Gasteiger charge is 2.26. The quantitative estimate of drug-likeness (QED) is 0.203. The summed E-state index contributed by atoms with van der Waals surface area (Å²) < 4.78 is 4.77. The third kappa shape index (κ3) is 2.98. The van der Waals surface area contributed by atoms with Crippen LogP contribution in [0.25, 0.3) is 98.8 Å². The van der Waals surface area contributed by atoms with Crippen molar-refractivity contribution in [2.75, 3.05) is 0 Å². The highest BCUT2D eigenvalue weighted by atomic mass is 15.2. The molecule has 0 unspecified atom stereocenters. The predicted octanol–water partition coefficient (Wildman–Crippen LogP) is 10.7. The summed E-state index contributed by atoms with van der Waals surface area (Å²) in [6, 6.07) is 52.0. The number of nitrogens with zero attached hydrogens (tertiary/aromatic N) is 4. The maximum atomic E-state index is 5.38. The van der Waals surface area contributed by atoms with Crippen molar-refractivity contribution < 1.29 is 0 Å². The topological polar surface area (TPSA) is 35.1 Å². The number of rotatable bonds is 2. The molecule has 0 aliphatic heterocycles. The summed E-state index contributed by atoms with van der Waals surface area (Å²) in [4.78, 5) is 10.7. The van der Waals surface area contributed by atoms with Gasteiger partial charge in [0, 0.05) is 43.3 Å². The van der Waals surface area contributed by atoms with Crippen molar-refractivity contribution in [1.82, 2.24) is 18.9 Å². The lowest BCUT2D eigenvalue weighted by molar-refractivity contribution is 1.01. The Morgan fingerprint density at radius 3 is 1.93 bits per heavy atom. The molecule has 0 aliphatic carbocycles. The molecule has 11 rings (SSSR count). The first-order valence-corrected chi connectivity index (χ1v) is 15.7. The number of hydrogen-bond donors (Lipinski definition) is 0. The van der Waals surface area contributed by atoms with Crippen molar-refractivity contribution in [1.29, 1.82) is 0 Å². The summed E-state index contributed by atoms with van der Waals surface area (Å²) in [6.07, 6.45) is 0. The number of hydrogen-bond acceptors (Lipinski definition) is 2. The Balaban J connectivity index is 1.42. The van der Waals surface area contributed by atoms with Crippen LogP contribution >= 0.6 is 0 Å². The van der Waals surface area contributed by atoms with Gasteiger partial charge in [-0.15, -0.1) is 0 Å². The summed E-state index contributed by atoms with van der Waals surface area (Å²) in [7, 11) is 0. The van der Waals surface area contributed by atoms with E-state index in [4.69, 9.17) is 9.97 Å². The van der Waals surface area contributed by atoms with Gasteiger partial charge in [-0.25, -0.2) is 9.97 Å². The van der Waals surface area contributed by atoms with Crippen molar-refractivity contribution in [3.05, 3.63) is 146 Å². The van der Waals surface area contributed by atoms with Crippen LogP contribution in [0.15, 0.2) is 146 Å². The van der Waals surface area contributed by atoms with Crippen molar-refractivity contribution in [2.24, 2.45) is 0 Å². The highest BCUT2D eigenvalue weighted by molar-refractivity contribution is 6.38. The van der Waals surface area contributed by atoms with Crippen molar-refractivity contribution in [2.45, 2.75) is 0 Å². The molecule has 46 heavy (non-hydrogen) atoms. The average molecular weight is 585 g/mol. The van der Waals surface area contributed by atoms with Crippen molar-refractivity contribution in [3.8, 4) is 17.2 Å². The standard InChI is InChI=1S/C42H24N4/c1-2-13-26(14-3-1)40-29-17-6-9-19-32(29)43-42(44-40)46-35-23-22-25-12-4-5-15-27(25)37(35)39-36(46)24-31-28-16-7-10-20-33(28)45-34-21-11-8-18-30(34)38(39)41(31)45/h1-24H. The van der Waals surface area contributed by atoms with Crippen LogP contribution in [0.4, 0.5) is 0 Å². The lowest BCUT2D eigenvalue weighted by atomic mass is 9.99. The van der Waals surface area contributed by atoms with Gasteiger partial charge in [-0.05, 0) is 41.1 Å². The minimum atomic E-state index is 0.675.